The van der Waals surface area contributed by atoms with E-state index in [1.165, 1.54) is 14.0 Å². The van der Waals surface area contributed by atoms with Gasteiger partial charge in [0.2, 0.25) is 11.8 Å². The monoisotopic (exact) mass is 347 g/mol. The summed E-state index contributed by atoms with van der Waals surface area (Å²) < 4.78 is 17.3. The third kappa shape index (κ3) is 4.32. The third-order valence-corrected chi connectivity index (χ3v) is 4.54. The van der Waals surface area contributed by atoms with E-state index in [1.807, 2.05) is 33.8 Å². The van der Waals surface area contributed by atoms with Gasteiger partial charge in [0.05, 0.1) is 29.7 Å². The number of pyridine rings is 1. The van der Waals surface area contributed by atoms with Gasteiger partial charge in [-0.1, -0.05) is 0 Å². The van der Waals surface area contributed by atoms with Gasteiger partial charge in [0, 0.05) is 13.5 Å². The van der Waals surface area contributed by atoms with Gasteiger partial charge in [-0.2, -0.15) is 0 Å². The number of nitrogens with zero attached hydrogens (tertiary/aromatic N) is 1. The number of amides is 1. The van der Waals surface area contributed by atoms with Crippen LogP contribution in [0.25, 0.3) is 6.08 Å². The van der Waals surface area contributed by atoms with Crippen molar-refractivity contribution in [2.24, 2.45) is 0 Å². The summed E-state index contributed by atoms with van der Waals surface area (Å²) in [5.41, 5.74) is 6.72. The minimum atomic E-state index is -0.581. The van der Waals surface area contributed by atoms with Crippen LogP contribution in [-0.2, 0) is 14.1 Å². The molecule has 0 spiro atoms. The number of carbonyl (C=O) groups excluding carboxylic acids is 1. The van der Waals surface area contributed by atoms with Gasteiger partial charge in [-0.3, -0.25) is 4.79 Å². The second-order valence-electron chi connectivity index (χ2n) is 7.05. The molecule has 0 saturated carbocycles. The highest BCUT2D eigenvalue weighted by Gasteiger charge is 2.52. The van der Waals surface area contributed by atoms with Crippen LogP contribution in [0.5, 0.6) is 5.88 Å². The fourth-order valence-corrected chi connectivity index (χ4v) is 2.32. The van der Waals surface area contributed by atoms with Crippen LogP contribution in [0, 0.1) is 0 Å². The number of ether oxygens (including phenoxy) is 1. The van der Waals surface area contributed by atoms with Crippen molar-refractivity contribution in [3.05, 3.63) is 23.3 Å². The van der Waals surface area contributed by atoms with Crippen molar-refractivity contribution in [2.75, 3.05) is 19.4 Å². The molecule has 1 aromatic heterocycles. The summed E-state index contributed by atoms with van der Waals surface area (Å²) in [6.45, 7) is 9.68. The third-order valence-electron chi connectivity index (χ3n) is 4.54. The molecule has 25 heavy (non-hydrogen) atoms. The first kappa shape index (κ1) is 19.3. The zero-order valence-corrected chi connectivity index (χ0v) is 15.7. The standard InChI is InChI=1S/C17H26BN3O4/c1-11(22)20-10-12(18-24-16(2,3)17(4,5)25-18)9-13-7-8-14(19)15(21-13)23-6/h7-9H,10,19H2,1-6H3,(H,20,22). The van der Waals surface area contributed by atoms with E-state index in [1.54, 1.807) is 12.1 Å². The lowest BCUT2D eigenvalue weighted by atomic mass is 9.77. The SMILES string of the molecule is COc1nc(C=C(CNC(C)=O)B2OC(C)(C)C(C)(C)O2)ccc1N. The zero-order chi connectivity index (χ0) is 18.8. The molecule has 2 heterocycles. The molecule has 2 rings (SSSR count). The van der Waals surface area contributed by atoms with Gasteiger partial charge in [-0.15, -0.1) is 0 Å². The van der Waals surface area contributed by atoms with Crippen LogP contribution in [0.3, 0.4) is 0 Å². The van der Waals surface area contributed by atoms with Gasteiger partial charge in [0.25, 0.3) is 0 Å². The molecule has 1 fully saturated rings. The smallest absolute Gasteiger partial charge is 0.480 e. The average Bonchev–Trinajstić information content (AvgIpc) is 2.73. The molecule has 0 unspecified atom stereocenters. The number of nitrogens with two attached hydrogens (primary N) is 1. The Morgan fingerprint density at radius 2 is 1.92 bits per heavy atom. The molecule has 1 amide bonds. The molecule has 0 atom stereocenters. The number of rotatable bonds is 5. The fraction of sp³-hybridized carbons (Fsp3) is 0.529. The van der Waals surface area contributed by atoms with Crippen molar-refractivity contribution in [3.63, 3.8) is 0 Å². The van der Waals surface area contributed by atoms with Crippen LogP contribution >= 0.6 is 0 Å². The van der Waals surface area contributed by atoms with Gasteiger partial charge >= 0.3 is 7.12 Å². The van der Waals surface area contributed by atoms with E-state index in [-0.39, 0.29) is 5.91 Å². The minimum Gasteiger partial charge on any atom is -0.480 e. The molecule has 1 aliphatic heterocycles. The molecule has 1 aliphatic rings. The van der Waals surface area contributed by atoms with Crippen molar-refractivity contribution < 1.29 is 18.8 Å². The van der Waals surface area contributed by atoms with E-state index in [4.69, 9.17) is 19.8 Å². The van der Waals surface area contributed by atoms with Crippen LogP contribution < -0.4 is 15.8 Å². The molecular weight excluding hydrogens is 321 g/mol. The number of hydrogen-bond donors (Lipinski definition) is 2. The number of nitrogen functional groups attached to an aromatic ring is 1. The molecule has 0 bridgehead atoms. The number of anilines is 1. The predicted octanol–water partition coefficient (Wildman–Crippen LogP) is 1.82. The Labute approximate surface area is 149 Å². The topological polar surface area (TPSA) is 95.7 Å². The second kappa shape index (κ2) is 7.05. The molecule has 0 aromatic carbocycles. The van der Waals surface area contributed by atoms with E-state index >= 15 is 0 Å². The minimum absolute atomic E-state index is 0.134. The molecule has 1 saturated heterocycles. The fourth-order valence-electron chi connectivity index (χ4n) is 2.32. The molecular formula is C17H26BN3O4. The Kier molecular flexibility index (Phi) is 5.44. The quantitative estimate of drug-likeness (QED) is 0.789. The second-order valence-corrected chi connectivity index (χ2v) is 7.05. The number of aromatic nitrogens is 1. The van der Waals surface area contributed by atoms with Crippen LogP contribution in [0.2, 0.25) is 0 Å². The van der Waals surface area contributed by atoms with Crippen molar-refractivity contribution in [1.29, 1.82) is 0 Å². The van der Waals surface area contributed by atoms with E-state index in [0.717, 1.165) is 5.47 Å². The molecule has 3 N–H and O–H groups in total. The highest BCUT2D eigenvalue weighted by molar-refractivity contribution is 6.56. The normalized spacial score (nSPS) is 19.0. The summed E-state index contributed by atoms with van der Waals surface area (Å²) in [5.74, 6) is 0.215. The molecule has 8 heteroatoms. The van der Waals surface area contributed by atoms with E-state index < -0.39 is 18.3 Å². The molecule has 0 aliphatic carbocycles. The summed E-state index contributed by atoms with van der Waals surface area (Å²) in [5, 5.41) is 2.79. The Bertz CT molecular complexity index is 672. The Hall–Kier alpha value is -2.06. The summed E-state index contributed by atoms with van der Waals surface area (Å²) in [4.78, 5) is 15.7. The molecule has 0 radical (unpaired) electrons. The number of hydrogen-bond acceptors (Lipinski definition) is 6. The average molecular weight is 347 g/mol. The lowest BCUT2D eigenvalue weighted by Gasteiger charge is -2.32. The van der Waals surface area contributed by atoms with Crippen LogP contribution in [0.4, 0.5) is 5.69 Å². The van der Waals surface area contributed by atoms with Crippen molar-refractivity contribution in [2.45, 2.75) is 45.8 Å². The maximum absolute atomic E-state index is 11.3. The zero-order valence-electron chi connectivity index (χ0n) is 15.7. The number of methoxy groups -OCH3 is 1. The summed E-state index contributed by atoms with van der Waals surface area (Å²) in [6, 6.07) is 3.49. The lowest BCUT2D eigenvalue weighted by molar-refractivity contribution is -0.118. The van der Waals surface area contributed by atoms with Crippen LogP contribution in [0.1, 0.15) is 40.3 Å². The Morgan fingerprint density at radius 3 is 2.44 bits per heavy atom. The predicted molar refractivity (Wildman–Crippen MR) is 97.9 cm³/mol. The maximum Gasteiger partial charge on any atom is 0.492 e. The Morgan fingerprint density at radius 1 is 1.32 bits per heavy atom. The van der Waals surface area contributed by atoms with Gasteiger partial charge in [-0.25, -0.2) is 4.98 Å². The van der Waals surface area contributed by atoms with Gasteiger partial charge < -0.3 is 25.1 Å². The highest BCUT2D eigenvalue weighted by atomic mass is 16.7. The van der Waals surface area contributed by atoms with Crippen LogP contribution in [-0.4, -0.2) is 42.9 Å². The van der Waals surface area contributed by atoms with E-state index in [2.05, 4.69) is 10.3 Å². The largest absolute Gasteiger partial charge is 0.492 e. The molecule has 7 nitrogen and oxygen atoms in total. The van der Waals surface area contributed by atoms with Gasteiger partial charge in [0.15, 0.2) is 0 Å². The van der Waals surface area contributed by atoms with Gasteiger partial charge in [-0.05, 0) is 51.4 Å². The first-order valence-corrected chi connectivity index (χ1v) is 8.17. The molecule has 136 valence electrons. The molecule has 1 aromatic rings. The number of nitrogens with one attached hydrogen (secondary N) is 1. The lowest BCUT2D eigenvalue weighted by Crippen LogP contribution is -2.41. The Balaban J connectivity index is 2.35. The van der Waals surface area contributed by atoms with Crippen molar-refractivity contribution >= 4 is 24.8 Å². The summed E-state index contributed by atoms with van der Waals surface area (Å²) in [7, 11) is 0.931. The number of carbonyl (C=O) groups is 1. The van der Waals surface area contributed by atoms with Crippen molar-refractivity contribution in [1.82, 2.24) is 10.3 Å². The summed E-state index contributed by atoms with van der Waals surface area (Å²) >= 11 is 0. The van der Waals surface area contributed by atoms with Crippen LogP contribution in [0.15, 0.2) is 17.6 Å². The van der Waals surface area contributed by atoms with Crippen molar-refractivity contribution in [3.8, 4) is 5.88 Å². The first-order valence-electron chi connectivity index (χ1n) is 8.17. The maximum atomic E-state index is 11.3. The van der Waals surface area contributed by atoms with Gasteiger partial charge in [0.1, 0.15) is 0 Å². The first-order chi connectivity index (χ1) is 11.6. The van der Waals surface area contributed by atoms with E-state index in [0.29, 0.717) is 23.8 Å². The van der Waals surface area contributed by atoms with E-state index in [9.17, 15) is 4.79 Å². The summed E-state index contributed by atoms with van der Waals surface area (Å²) in [6.07, 6.45) is 1.82. The highest BCUT2D eigenvalue weighted by Crippen LogP contribution is 2.38.